The molecule has 0 unspecified atom stereocenters. The second kappa shape index (κ2) is 9.78. The third-order valence-corrected chi connectivity index (χ3v) is 4.67. The van der Waals surface area contributed by atoms with E-state index < -0.39 is 6.61 Å². The first-order valence-electron chi connectivity index (χ1n) is 9.75. The number of ether oxygens (including phenoxy) is 3. The van der Waals surface area contributed by atoms with E-state index in [4.69, 9.17) is 19.3 Å². The summed E-state index contributed by atoms with van der Waals surface area (Å²) < 4.78 is 45.4. The Hall–Kier alpha value is -4.45. The van der Waals surface area contributed by atoms with Gasteiger partial charge < -0.3 is 18.7 Å². The first kappa shape index (κ1) is 21.8. The minimum Gasteiger partial charge on any atom is -0.493 e. The van der Waals surface area contributed by atoms with Crippen molar-refractivity contribution in [1.82, 2.24) is 10.1 Å². The first-order chi connectivity index (χ1) is 16.1. The average Bonchev–Trinajstić information content (AvgIpc) is 3.32. The molecular formula is C24H17F2N3O4. The van der Waals surface area contributed by atoms with Gasteiger partial charge in [-0.1, -0.05) is 29.4 Å². The van der Waals surface area contributed by atoms with Crippen molar-refractivity contribution in [3.63, 3.8) is 0 Å². The molecule has 1 aromatic heterocycles. The van der Waals surface area contributed by atoms with E-state index in [0.717, 1.165) is 11.1 Å². The molecule has 4 rings (SSSR count). The zero-order valence-corrected chi connectivity index (χ0v) is 17.4. The van der Waals surface area contributed by atoms with Gasteiger partial charge in [-0.3, -0.25) is 0 Å². The Morgan fingerprint density at radius 3 is 2.24 bits per heavy atom. The van der Waals surface area contributed by atoms with Gasteiger partial charge in [0.05, 0.1) is 18.7 Å². The van der Waals surface area contributed by atoms with Gasteiger partial charge in [0.15, 0.2) is 18.1 Å². The van der Waals surface area contributed by atoms with E-state index in [1.54, 1.807) is 12.1 Å². The summed E-state index contributed by atoms with van der Waals surface area (Å²) in [5.41, 5.74) is 3.09. The summed E-state index contributed by atoms with van der Waals surface area (Å²) in [4.78, 5) is 4.27. The molecule has 0 saturated carbocycles. The van der Waals surface area contributed by atoms with Crippen molar-refractivity contribution in [3.8, 4) is 45.8 Å². The number of rotatable bonds is 8. The minimum absolute atomic E-state index is 0.0485. The molecule has 0 saturated heterocycles. The molecule has 0 fully saturated rings. The number of hydrogen-bond acceptors (Lipinski definition) is 7. The second-order valence-electron chi connectivity index (χ2n) is 6.76. The number of nitrogens with zero attached hydrogens (tertiary/aromatic N) is 3. The third-order valence-electron chi connectivity index (χ3n) is 4.67. The van der Waals surface area contributed by atoms with Crippen LogP contribution in [0.3, 0.4) is 0 Å². The molecule has 0 N–H and O–H groups in total. The minimum atomic E-state index is -2.96. The Labute approximate surface area is 187 Å². The van der Waals surface area contributed by atoms with E-state index in [9.17, 15) is 8.78 Å². The molecule has 1 heterocycles. The maximum absolute atomic E-state index is 12.5. The van der Waals surface area contributed by atoms with E-state index in [1.165, 1.54) is 25.3 Å². The highest BCUT2D eigenvalue weighted by Gasteiger charge is 2.15. The molecule has 7 nitrogen and oxygen atoms in total. The highest BCUT2D eigenvalue weighted by atomic mass is 19.3. The monoisotopic (exact) mass is 449 g/mol. The van der Waals surface area contributed by atoms with E-state index in [-0.39, 0.29) is 29.8 Å². The quantitative estimate of drug-likeness (QED) is 0.353. The molecule has 0 aliphatic heterocycles. The van der Waals surface area contributed by atoms with Crippen molar-refractivity contribution in [3.05, 3.63) is 78.2 Å². The number of aromatic nitrogens is 2. The Morgan fingerprint density at radius 1 is 0.939 bits per heavy atom. The van der Waals surface area contributed by atoms with E-state index in [0.29, 0.717) is 16.9 Å². The zero-order valence-electron chi connectivity index (χ0n) is 17.4. The number of nitriles is 1. The highest BCUT2D eigenvalue weighted by molar-refractivity contribution is 5.65. The largest absolute Gasteiger partial charge is 0.493 e. The SMILES string of the molecule is COc1cc(-c2noc(COc3ccc(-c4ccc(C#N)cc4)cc3)n2)ccc1OC(F)F. The van der Waals surface area contributed by atoms with Gasteiger partial charge in [0.2, 0.25) is 5.82 Å². The fraction of sp³-hybridized carbons (Fsp3) is 0.125. The van der Waals surface area contributed by atoms with E-state index in [1.807, 2.05) is 36.4 Å². The van der Waals surface area contributed by atoms with E-state index in [2.05, 4.69) is 20.9 Å². The maximum Gasteiger partial charge on any atom is 0.387 e. The van der Waals surface area contributed by atoms with Gasteiger partial charge in [-0.05, 0) is 53.6 Å². The Morgan fingerprint density at radius 2 is 1.61 bits per heavy atom. The van der Waals surface area contributed by atoms with Gasteiger partial charge >= 0.3 is 6.61 Å². The zero-order chi connectivity index (χ0) is 23.2. The van der Waals surface area contributed by atoms with Crippen molar-refractivity contribution in [1.29, 1.82) is 5.26 Å². The van der Waals surface area contributed by atoms with Crippen LogP contribution in [0.25, 0.3) is 22.5 Å². The lowest BCUT2D eigenvalue weighted by Gasteiger charge is -2.10. The van der Waals surface area contributed by atoms with E-state index >= 15 is 0 Å². The summed E-state index contributed by atoms with van der Waals surface area (Å²) in [6.07, 6.45) is 0. The number of benzene rings is 3. The summed E-state index contributed by atoms with van der Waals surface area (Å²) in [5, 5.41) is 12.8. The van der Waals surface area contributed by atoms with Crippen LogP contribution in [-0.2, 0) is 6.61 Å². The lowest BCUT2D eigenvalue weighted by Crippen LogP contribution is -2.03. The van der Waals surface area contributed by atoms with Crippen LogP contribution < -0.4 is 14.2 Å². The summed E-state index contributed by atoms with van der Waals surface area (Å²) in [6, 6.07) is 21.2. The Bertz CT molecular complexity index is 1270. The number of methoxy groups -OCH3 is 1. The third kappa shape index (κ3) is 5.25. The molecule has 0 amide bonds. The molecule has 3 aromatic carbocycles. The van der Waals surface area contributed by atoms with Crippen LogP contribution >= 0.6 is 0 Å². The number of alkyl halides is 2. The average molecular weight is 449 g/mol. The lowest BCUT2D eigenvalue weighted by molar-refractivity contribution is -0.0512. The molecule has 0 radical (unpaired) electrons. The van der Waals surface area contributed by atoms with Gasteiger partial charge in [0.25, 0.3) is 5.89 Å². The van der Waals surface area contributed by atoms with Crippen LogP contribution in [0.15, 0.2) is 71.3 Å². The normalized spacial score (nSPS) is 10.6. The Balaban J connectivity index is 1.40. The van der Waals surface area contributed by atoms with Gasteiger partial charge in [-0.2, -0.15) is 19.0 Å². The fourth-order valence-corrected chi connectivity index (χ4v) is 3.06. The molecule has 0 aliphatic carbocycles. The molecule has 4 aromatic rings. The van der Waals surface area contributed by atoms with Crippen LogP contribution in [0, 0.1) is 11.3 Å². The second-order valence-corrected chi connectivity index (χ2v) is 6.76. The van der Waals surface area contributed by atoms with Gasteiger partial charge in [-0.15, -0.1) is 0 Å². The van der Waals surface area contributed by atoms with Crippen molar-refractivity contribution in [2.45, 2.75) is 13.2 Å². The summed E-state index contributed by atoms with van der Waals surface area (Å²) in [6.45, 7) is -2.91. The molecular weight excluding hydrogens is 432 g/mol. The van der Waals surface area contributed by atoms with Crippen molar-refractivity contribution in [2.75, 3.05) is 7.11 Å². The molecule has 33 heavy (non-hydrogen) atoms. The topological polar surface area (TPSA) is 90.4 Å². The summed E-state index contributed by atoms with van der Waals surface area (Å²) >= 11 is 0. The fourth-order valence-electron chi connectivity index (χ4n) is 3.06. The van der Waals surface area contributed by atoms with Crippen LogP contribution in [0.2, 0.25) is 0 Å². The summed E-state index contributed by atoms with van der Waals surface area (Å²) in [5.74, 6) is 1.15. The molecule has 0 bridgehead atoms. The number of halogens is 2. The highest BCUT2D eigenvalue weighted by Crippen LogP contribution is 2.32. The standard InChI is InChI=1S/C24H17F2N3O4/c1-30-21-12-18(8-11-20(21)32-24(25)26)23-28-22(33-29-23)14-31-19-9-6-17(7-10-19)16-4-2-15(13-27)3-5-16/h2-12,24H,14H2,1H3. The van der Waals surface area contributed by atoms with Gasteiger partial charge in [-0.25, -0.2) is 0 Å². The maximum atomic E-state index is 12.5. The van der Waals surface area contributed by atoms with Crippen molar-refractivity contribution >= 4 is 0 Å². The molecule has 0 atom stereocenters. The van der Waals surface area contributed by atoms with Gasteiger partial charge in [0, 0.05) is 5.56 Å². The first-order valence-corrected chi connectivity index (χ1v) is 9.75. The molecule has 0 aliphatic rings. The molecule has 9 heteroatoms. The van der Waals surface area contributed by atoms with Crippen LogP contribution in [-0.4, -0.2) is 23.9 Å². The van der Waals surface area contributed by atoms with Crippen molar-refractivity contribution in [2.24, 2.45) is 0 Å². The van der Waals surface area contributed by atoms with Gasteiger partial charge in [0.1, 0.15) is 5.75 Å². The Kier molecular flexibility index (Phi) is 6.45. The van der Waals surface area contributed by atoms with Crippen molar-refractivity contribution < 1.29 is 27.5 Å². The smallest absolute Gasteiger partial charge is 0.387 e. The van der Waals surface area contributed by atoms with Crippen LogP contribution in [0.4, 0.5) is 8.78 Å². The number of hydrogen-bond donors (Lipinski definition) is 0. The predicted octanol–water partition coefficient (Wildman–Crippen LogP) is 5.46. The molecule has 0 spiro atoms. The molecule has 166 valence electrons. The van der Waals surface area contributed by atoms with Crippen LogP contribution in [0.1, 0.15) is 11.5 Å². The predicted molar refractivity (Wildman–Crippen MR) is 114 cm³/mol. The lowest BCUT2D eigenvalue weighted by atomic mass is 10.0. The van der Waals surface area contributed by atoms with Crippen LogP contribution in [0.5, 0.6) is 17.2 Å². The summed E-state index contributed by atoms with van der Waals surface area (Å²) in [7, 11) is 1.35.